The third kappa shape index (κ3) is 6.03. The number of nitrogens with zero attached hydrogens (tertiary/aromatic N) is 3. The SMILES string of the molecule is CCC(=O)NCCCn1nc2c(c1C(=O)O)CCc1cnccc1-2.O=C(O)C(F)(F)F. The lowest BCUT2D eigenvalue weighted by Crippen LogP contribution is -2.24. The third-order valence-electron chi connectivity index (χ3n) is 4.49. The van der Waals surface area contributed by atoms with Crippen LogP contribution in [0.2, 0.25) is 0 Å². The summed E-state index contributed by atoms with van der Waals surface area (Å²) >= 11 is 0. The van der Waals surface area contributed by atoms with Gasteiger partial charge in [0.05, 0.1) is 5.69 Å². The van der Waals surface area contributed by atoms with Gasteiger partial charge in [0.25, 0.3) is 0 Å². The van der Waals surface area contributed by atoms with Crippen LogP contribution in [0.5, 0.6) is 0 Å². The summed E-state index contributed by atoms with van der Waals surface area (Å²) in [6.07, 6.45) is 0.944. The summed E-state index contributed by atoms with van der Waals surface area (Å²) in [5.74, 6) is -3.72. The lowest BCUT2D eigenvalue weighted by Gasteiger charge is -2.14. The predicted molar refractivity (Wildman–Crippen MR) is 101 cm³/mol. The van der Waals surface area contributed by atoms with Crippen LogP contribution in [0.15, 0.2) is 18.5 Å². The molecule has 0 radical (unpaired) electrons. The zero-order valence-corrected chi connectivity index (χ0v) is 16.6. The normalized spacial score (nSPS) is 12.1. The molecular formula is C19H21F3N4O5. The Labute approximate surface area is 174 Å². The van der Waals surface area contributed by atoms with Crippen LogP contribution in [-0.2, 0) is 29.0 Å². The molecule has 1 aliphatic rings. The molecule has 0 atom stereocenters. The number of aromatic nitrogens is 3. The molecule has 0 aliphatic heterocycles. The molecule has 0 fully saturated rings. The van der Waals surface area contributed by atoms with Crippen LogP contribution in [0.3, 0.4) is 0 Å². The first-order valence-corrected chi connectivity index (χ1v) is 9.39. The van der Waals surface area contributed by atoms with Crippen molar-refractivity contribution < 1.29 is 37.8 Å². The molecule has 9 nitrogen and oxygen atoms in total. The van der Waals surface area contributed by atoms with Crippen molar-refractivity contribution in [3.63, 3.8) is 0 Å². The minimum Gasteiger partial charge on any atom is -0.477 e. The van der Waals surface area contributed by atoms with Crippen molar-refractivity contribution in [3.8, 4) is 11.3 Å². The summed E-state index contributed by atoms with van der Waals surface area (Å²) in [7, 11) is 0. The van der Waals surface area contributed by atoms with Gasteiger partial charge in [0.2, 0.25) is 5.91 Å². The Morgan fingerprint density at radius 1 is 1.23 bits per heavy atom. The summed E-state index contributed by atoms with van der Waals surface area (Å²) in [4.78, 5) is 36.0. The average molecular weight is 442 g/mol. The van der Waals surface area contributed by atoms with Crippen LogP contribution in [0.25, 0.3) is 11.3 Å². The third-order valence-corrected chi connectivity index (χ3v) is 4.49. The van der Waals surface area contributed by atoms with Crippen LogP contribution >= 0.6 is 0 Å². The van der Waals surface area contributed by atoms with Gasteiger partial charge in [0.1, 0.15) is 5.69 Å². The summed E-state index contributed by atoms with van der Waals surface area (Å²) in [5.41, 5.74) is 3.86. The maximum Gasteiger partial charge on any atom is 0.490 e. The Hall–Kier alpha value is -3.44. The van der Waals surface area contributed by atoms with Gasteiger partial charge in [-0.3, -0.25) is 14.5 Å². The molecule has 1 amide bonds. The van der Waals surface area contributed by atoms with Crippen molar-refractivity contribution >= 4 is 17.8 Å². The molecule has 2 heterocycles. The van der Waals surface area contributed by atoms with Crippen molar-refractivity contribution in [3.05, 3.63) is 35.3 Å². The number of fused-ring (bicyclic) bond motifs is 3. The number of aromatic carboxylic acids is 1. The van der Waals surface area contributed by atoms with Gasteiger partial charge in [0.15, 0.2) is 0 Å². The van der Waals surface area contributed by atoms with Crippen LogP contribution in [0.1, 0.15) is 41.4 Å². The van der Waals surface area contributed by atoms with Crippen molar-refractivity contribution in [2.45, 2.75) is 45.3 Å². The van der Waals surface area contributed by atoms with Gasteiger partial charge >= 0.3 is 18.1 Å². The Kier molecular flexibility index (Phi) is 7.72. The second-order valence-electron chi connectivity index (χ2n) is 6.60. The molecule has 3 N–H and O–H groups in total. The fourth-order valence-corrected chi connectivity index (χ4v) is 3.05. The van der Waals surface area contributed by atoms with Crippen LogP contribution < -0.4 is 5.32 Å². The van der Waals surface area contributed by atoms with E-state index in [-0.39, 0.29) is 11.6 Å². The molecule has 2 aromatic heterocycles. The molecule has 168 valence electrons. The number of carbonyl (C=O) groups is 3. The molecule has 12 heteroatoms. The van der Waals surface area contributed by atoms with Gasteiger partial charge in [-0.25, -0.2) is 9.59 Å². The second kappa shape index (κ2) is 10.0. The Morgan fingerprint density at radius 2 is 1.90 bits per heavy atom. The highest BCUT2D eigenvalue weighted by Gasteiger charge is 2.38. The number of halogens is 3. The lowest BCUT2D eigenvalue weighted by atomic mass is 9.90. The molecule has 0 unspecified atom stereocenters. The van der Waals surface area contributed by atoms with Crippen LogP contribution in [0.4, 0.5) is 13.2 Å². The van der Waals surface area contributed by atoms with Crippen molar-refractivity contribution in [1.29, 1.82) is 0 Å². The fraction of sp³-hybridized carbons (Fsp3) is 0.421. The number of hydrogen-bond acceptors (Lipinski definition) is 5. The number of hydrogen-bond donors (Lipinski definition) is 3. The highest BCUT2D eigenvalue weighted by Crippen LogP contribution is 2.34. The molecular weight excluding hydrogens is 421 g/mol. The first-order chi connectivity index (χ1) is 14.6. The van der Waals surface area contributed by atoms with Gasteiger partial charge in [0, 0.05) is 43.0 Å². The van der Waals surface area contributed by atoms with Gasteiger partial charge in [-0.2, -0.15) is 18.3 Å². The van der Waals surface area contributed by atoms with E-state index in [1.54, 1.807) is 17.8 Å². The maximum absolute atomic E-state index is 11.7. The van der Waals surface area contributed by atoms with E-state index in [1.807, 2.05) is 12.3 Å². The summed E-state index contributed by atoms with van der Waals surface area (Å²) in [6, 6.07) is 1.89. The Balaban J connectivity index is 0.000000423. The van der Waals surface area contributed by atoms with Crippen molar-refractivity contribution in [1.82, 2.24) is 20.1 Å². The minimum absolute atomic E-state index is 0.00496. The monoisotopic (exact) mass is 442 g/mol. The van der Waals surface area contributed by atoms with Gasteiger partial charge in [-0.05, 0) is 30.9 Å². The topological polar surface area (TPSA) is 134 Å². The van der Waals surface area contributed by atoms with Gasteiger partial charge in [-0.1, -0.05) is 6.92 Å². The number of aryl methyl sites for hydroxylation is 2. The zero-order chi connectivity index (χ0) is 23.2. The average Bonchev–Trinajstić information content (AvgIpc) is 3.09. The van der Waals surface area contributed by atoms with Crippen LogP contribution in [-0.4, -0.2) is 55.5 Å². The molecule has 0 saturated heterocycles. The number of aliphatic carboxylic acids is 1. The minimum atomic E-state index is -5.08. The highest BCUT2D eigenvalue weighted by molar-refractivity contribution is 5.90. The van der Waals surface area contributed by atoms with Gasteiger partial charge < -0.3 is 15.5 Å². The van der Waals surface area contributed by atoms with E-state index in [1.165, 1.54) is 0 Å². The summed E-state index contributed by atoms with van der Waals surface area (Å²) < 4.78 is 33.3. The van der Waals surface area contributed by atoms with E-state index in [9.17, 15) is 27.9 Å². The molecule has 0 saturated carbocycles. The lowest BCUT2D eigenvalue weighted by molar-refractivity contribution is -0.192. The summed E-state index contributed by atoms with van der Waals surface area (Å²) in [6.45, 7) is 2.77. The van der Waals surface area contributed by atoms with E-state index >= 15 is 0 Å². The Morgan fingerprint density at radius 3 is 2.48 bits per heavy atom. The van der Waals surface area contributed by atoms with E-state index in [4.69, 9.17) is 9.90 Å². The predicted octanol–water partition coefficient (Wildman–Crippen LogP) is 2.29. The molecule has 31 heavy (non-hydrogen) atoms. The van der Waals surface area contributed by atoms with E-state index in [0.29, 0.717) is 32.4 Å². The Bertz CT molecular complexity index is 972. The largest absolute Gasteiger partial charge is 0.490 e. The molecule has 0 bridgehead atoms. The van der Waals surface area contributed by atoms with Crippen molar-refractivity contribution in [2.24, 2.45) is 0 Å². The quantitative estimate of drug-likeness (QED) is 0.584. The molecule has 0 aromatic carbocycles. The number of nitrogens with one attached hydrogen (secondary N) is 1. The molecule has 0 spiro atoms. The number of amides is 1. The van der Waals surface area contributed by atoms with E-state index < -0.39 is 18.1 Å². The van der Waals surface area contributed by atoms with Crippen LogP contribution in [0, 0.1) is 0 Å². The molecule has 3 rings (SSSR count). The number of carbonyl (C=O) groups excluding carboxylic acids is 1. The first kappa shape index (κ1) is 23.8. The molecule has 2 aromatic rings. The second-order valence-corrected chi connectivity index (χ2v) is 6.60. The first-order valence-electron chi connectivity index (χ1n) is 9.39. The van der Waals surface area contributed by atoms with E-state index in [0.717, 1.165) is 28.8 Å². The number of pyridine rings is 1. The fourth-order valence-electron chi connectivity index (χ4n) is 3.05. The number of rotatable bonds is 6. The smallest absolute Gasteiger partial charge is 0.477 e. The highest BCUT2D eigenvalue weighted by atomic mass is 19.4. The molecule has 1 aliphatic carbocycles. The number of alkyl halides is 3. The van der Waals surface area contributed by atoms with Crippen molar-refractivity contribution in [2.75, 3.05) is 6.54 Å². The maximum atomic E-state index is 11.7. The zero-order valence-electron chi connectivity index (χ0n) is 16.6. The van der Waals surface area contributed by atoms with Gasteiger partial charge in [-0.15, -0.1) is 0 Å². The number of carboxylic acids is 2. The number of carboxylic acid groups (broad SMARTS) is 2. The summed E-state index contributed by atoms with van der Waals surface area (Å²) in [5, 5.41) is 24.1. The standard InChI is InChI=1S/C17H20N4O3.C2HF3O2/c1-2-14(22)19-7-3-9-21-16(17(23)24)13-5-4-11-10-18-8-6-12(11)15(13)20-21;3-2(4,5)1(6)7/h6,8,10H,2-5,7,9H2,1H3,(H,19,22)(H,23,24);(H,6,7). The van der Waals surface area contributed by atoms with E-state index in [2.05, 4.69) is 15.4 Å².